The SMILES string of the molecule is CCCCn1c(C)cn2c3c(=O)n(CCN4CCCCC4)c(=O)n(C)c3nc12. The molecule has 0 aromatic carbocycles. The fraction of sp³-hybridized carbons (Fsp3) is 0.650. The summed E-state index contributed by atoms with van der Waals surface area (Å²) in [6, 6.07) is 0. The minimum Gasteiger partial charge on any atom is -0.314 e. The van der Waals surface area contributed by atoms with Crippen molar-refractivity contribution in [1.29, 1.82) is 0 Å². The van der Waals surface area contributed by atoms with Crippen LogP contribution in [-0.4, -0.2) is 47.6 Å². The molecule has 0 spiro atoms. The molecule has 1 saturated heterocycles. The minimum atomic E-state index is -0.285. The van der Waals surface area contributed by atoms with Crippen LogP contribution in [0.25, 0.3) is 16.9 Å². The Morgan fingerprint density at radius 1 is 1.04 bits per heavy atom. The first-order chi connectivity index (χ1) is 13.5. The predicted octanol–water partition coefficient (Wildman–Crippen LogP) is 1.74. The molecule has 1 aliphatic rings. The third kappa shape index (κ3) is 3.09. The summed E-state index contributed by atoms with van der Waals surface area (Å²) >= 11 is 0. The average molecular weight is 387 g/mol. The number of aryl methyl sites for hydroxylation is 3. The molecule has 0 amide bonds. The van der Waals surface area contributed by atoms with Crippen LogP contribution in [0.2, 0.25) is 0 Å². The number of likely N-dealkylation sites (tertiary alicyclic amines) is 1. The molecule has 28 heavy (non-hydrogen) atoms. The van der Waals surface area contributed by atoms with Crippen molar-refractivity contribution in [3.63, 3.8) is 0 Å². The number of aromatic nitrogens is 5. The summed E-state index contributed by atoms with van der Waals surface area (Å²) in [5.41, 5.74) is 1.51. The quantitative estimate of drug-likeness (QED) is 0.647. The molecule has 4 rings (SSSR count). The van der Waals surface area contributed by atoms with Crippen molar-refractivity contribution in [2.75, 3.05) is 19.6 Å². The molecule has 0 radical (unpaired) electrons. The van der Waals surface area contributed by atoms with Gasteiger partial charge in [-0.05, 0) is 39.3 Å². The Bertz CT molecular complexity index is 1110. The van der Waals surface area contributed by atoms with Crippen molar-refractivity contribution in [2.24, 2.45) is 7.05 Å². The van der Waals surface area contributed by atoms with Gasteiger partial charge in [0, 0.05) is 38.6 Å². The van der Waals surface area contributed by atoms with E-state index in [-0.39, 0.29) is 11.2 Å². The number of imidazole rings is 2. The fourth-order valence-electron chi connectivity index (χ4n) is 4.27. The Labute approximate surface area is 164 Å². The Kier molecular flexibility index (Phi) is 5.14. The molecular weight excluding hydrogens is 356 g/mol. The maximum atomic E-state index is 13.2. The Morgan fingerprint density at radius 3 is 2.50 bits per heavy atom. The highest BCUT2D eigenvalue weighted by molar-refractivity contribution is 5.75. The molecule has 8 nitrogen and oxygen atoms in total. The molecule has 0 atom stereocenters. The lowest BCUT2D eigenvalue weighted by molar-refractivity contribution is 0.218. The first-order valence-corrected chi connectivity index (χ1v) is 10.4. The first kappa shape index (κ1) is 19.0. The van der Waals surface area contributed by atoms with Gasteiger partial charge in [-0.1, -0.05) is 19.8 Å². The van der Waals surface area contributed by atoms with Gasteiger partial charge in [0.2, 0.25) is 5.78 Å². The van der Waals surface area contributed by atoms with Crippen molar-refractivity contribution >= 4 is 16.9 Å². The third-order valence-corrected chi connectivity index (χ3v) is 5.96. The highest BCUT2D eigenvalue weighted by Gasteiger charge is 2.20. The van der Waals surface area contributed by atoms with Gasteiger partial charge < -0.3 is 9.47 Å². The van der Waals surface area contributed by atoms with E-state index in [1.54, 1.807) is 7.05 Å². The summed E-state index contributed by atoms with van der Waals surface area (Å²) in [4.78, 5) is 33.1. The zero-order valence-corrected chi connectivity index (χ0v) is 17.1. The predicted molar refractivity (Wildman–Crippen MR) is 110 cm³/mol. The van der Waals surface area contributed by atoms with Gasteiger partial charge in [-0.2, -0.15) is 4.98 Å². The van der Waals surface area contributed by atoms with Crippen molar-refractivity contribution in [2.45, 2.75) is 59.0 Å². The summed E-state index contributed by atoms with van der Waals surface area (Å²) in [5, 5.41) is 0. The van der Waals surface area contributed by atoms with Crippen molar-refractivity contribution < 1.29 is 0 Å². The van der Waals surface area contributed by atoms with E-state index in [1.165, 1.54) is 28.4 Å². The van der Waals surface area contributed by atoms with E-state index in [1.807, 2.05) is 17.5 Å². The van der Waals surface area contributed by atoms with Gasteiger partial charge >= 0.3 is 5.69 Å². The van der Waals surface area contributed by atoms with Crippen LogP contribution in [0.5, 0.6) is 0 Å². The lowest BCUT2D eigenvalue weighted by Crippen LogP contribution is -2.43. The number of rotatable bonds is 6. The van der Waals surface area contributed by atoms with Crippen LogP contribution in [-0.2, 0) is 20.1 Å². The maximum Gasteiger partial charge on any atom is 0.332 e. The fourth-order valence-corrected chi connectivity index (χ4v) is 4.27. The Hall–Kier alpha value is -2.35. The molecule has 0 unspecified atom stereocenters. The van der Waals surface area contributed by atoms with E-state index in [2.05, 4.69) is 21.4 Å². The summed E-state index contributed by atoms with van der Waals surface area (Å²) in [6.07, 6.45) is 7.76. The van der Waals surface area contributed by atoms with Gasteiger partial charge in [-0.15, -0.1) is 0 Å². The Morgan fingerprint density at radius 2 is 1.79 bits per heavy atom. The van der Waals surface area contributed by atoms with Gasteiger partial charge in [-0.25, -0.2) is 4.79 Å². The minimum absolute atomic E-state index is 0.241. The van der Waals surface area contributed by atoms with Gasteiger partial charge in [-0.3, -0.25) is 18.3 Å². The molecule has 152 valence electrons. The largest absolute Gasteiger partial charge is 0.332 e. The van der Waals surface area contributed by atoms with Crippen LogP contribution in [0.15, 0.2) is 15.8 Å². The summed E-state index contributed by atoms with van der Waals surface area (Å²) in [7, 11) is 1.71. The molecule has 0 saturated carbocycles. The van der Waals surface area contributed by atoms with Crippen molar-refractivity contribution in [1.82, 2.24) is 28.0 Å². The standard InChI is InChI=1S/C20H30N6O2/c1-4-5-11-24-15(2)14-26-16-17(21-19(24)26)22(3)20(28)25(18(16)27)13-12-23-9-7-6-8-10-23/h14H,4-13H2,1-3H3. The molecule has 0 aliphatic carbocycles. The second kappa shape index (κ2) is 7.58. The zero-order chi connectivity index (χ0) is 19.8. The summed E-state index contributed by atoms with van der Waals surface area (Å²) in [6.45, 7) is 8.31. The number of nitrogens with zero attached hydrogens (tertiary/aromatic N) is 6. The molecule has 1 aliphatic heterocycles. The van der Waals surface area contributed by atoms with Crippen molar-refractivity contribution in [3.8, 4) is 0 Å². The smallest absolute Gasteiger partial charge is 0.314 e. The molecule has 0 N–H and O–H groups in total. The van der Waals surface area contributed by atoms with Crippen LogP contribution < -0.4 is 11.2 Å². The number of hydrogen-bond donors (Lipinski definition) is 0. The molecule has 8 heteroatoms. The number of fused-ring (bicyclic) bond motifs is 3. The number of piperidine rings is 1. The summed E-state index contributed by atoms with van der Waals surface area (Å²) in [5.74, 6) is 0.738. The van der Waals surface area contributed by atoms with E-state index >= 15 is 0 Å². The highest BCUT2D eigenvalue weighted by atomic mass is 16.2. The molecule has 3 aromatic heterocycles. The van der Waals surface area contributed by atoms with E-state index in [4.69, 9.17) is 0 Å². The highest BCUT2D eigenvalue weighted by Crippen LogP contribution is 2.17. The van der Waals surface area contributed by atoms with Crippen molar-refractivity contribution in [3.05, 3.63) is 32.7 Å². The monoisotopic (exact) mass is 386 g/mol. The van der Waals surface area contributed by atoms with Crippen LogP contribution in [0.3, 0.4) is 0 Å². The maximum absolute atomic E-state index is 13.2. The normalized spacial score (nSPS) is 15.8. The third-order valence-electron chi connectivity index (χ3n) is 5.96. The van der Waals surface area contributed by atoms with Gasteiger partial charge in [0.25, 0.3) is 5.56 Å². The topological polar surface area (TPSA) is 69.5 Å². The van der Waals surface area contributed by atoms with Crippen LogP contribution in [0.4, 0.5) is 0 Å². The van der Waals surface area contributed by atoms with Crippen LogP contribution in [0.1, 0.15) is 44.7 Å². The molecule has 4 heterocycles. The molecule has 0 bridgehead atoms. The van der Waals surface area contributed by atoms with Crippen LogP contribution >= 0.6 is 0 Å². The molecule has 3 aromatic rings. The Balaban J connectivity index is 1.80. The van der Waals surface area contributed by atoms with Gasteiger partial charge in [0.1, 0.15) is 0 Å². The second-order valence-electron chi connectivity index (χ2n) is 7.93. The van der Waals surface area contributed by atoms with Gasteiger partial charge in [0.05, 0.1) is 0 Å². The average Bonchev–Trinajstić information content (AvgIpc) is 3.20. The number of unbranched alkanes of at least 4 members (excludes halogenated alkanes) is 1. The first-order valence-electron chi connectivity index (χ1n) is 10.4. The molecular formula is C20H30N6O2. The van der Waals surface area contributed by atoms with E-state index < -0.39 is 0 Å². The van der Waals surface area contributed by atoms with Crippen LogP contribution in [0, 0.1) is 6.92 Å². The number of hydrogen-bond acceptors (Lipinski definition) is 4. The lowest BCUT2D eigenvalue weighted by Gasteiger charge is -2.26. The lowest BCUT2D eigenvalue weighted by atomic mass is 10.1. The van der Waals surface area contributed by atoms with E-state index in [0.717, 1.165) is 50.5 Å². The summed E-state index contributed by atoms with van der Waals surface area (Å²) < 4.78 is 6.88. The molecule has 1 fully saturated rings. The van der Waals surface area contributed by atoms with E-state index in [0.29, 0.717) is 17.7 Å². The van der Waals surface area contributed by atoms with Gasteiger partial charge in [0.15, 0.2) is 11.2 Å². The second-order valence-corrected chi connectivity index (χ2v) is 7.93. The zero-order valence-electron chi connectivity index (χ0n) is 17.1. The van der Waals surface area contributed by atoms with E-state index in [9.17, 15) is 9.59 Å².